The van der Waals surface area contributed by atoms with Gasteiger partial charge in [-0.25, -0.2) is 0 Å². The van der Waals surface area contributed by atoms with Gasteiger partial charge in [0.1, 0.15) is 12.5 Å². The SMILES string of the molecule is CCCCN(C(C)O)C(C)O.O=C(O)CCC(=O)O. The highest BCUT2D eigenvalue weighted by Gasteiger charge is 2.14. The van der Waals surface area contributed by atoms with Crippen LogP contribution in [0.1, 0.15) is 46.5 Å². The quantitative estimate of drug-likeness (QED) is 0.483. The van der Waals surface area contributed by atoms with E-state index in [9.17, 15) is 19.8 Å². The van der Waals surface area contributed by atoms with Gasteiger partial charge in [0, 0.05) is 6.54 Å². The average Bonchev–Trinajstić information content (AvgIpc) is 2.27. The molecule has 0 bridgehead atoms. The number of aliphatic hydroxyl groups is 2. The Morgan fingerprint density at radius 3 is 1.58 bits per heavy atom. The molecular formula is C12H25NO6. The molecular weight excluding hydrogens is 254 g/mol. The van der Waals surface area contributed by atoms with Gasteiger partial charge in [0.05, 0.1) is 12.8 Å². The van der Waals surface area contributed by atoms with Crippen LogP contribution in [0.3, 0.4) is 0 Å². The van der Waals surface area contributed by atoms with Crippen LogP contribution in [0, 0.1) is 0 Å². The summed E-state index contributed by atoms with van der Waals surface area (Å²) in [6, 6.07) is 0. The van der Waals surface area contributed by atoms with E-state index in [1.165, 1.54) is 0 Å². The van der Waals surface area contributed by atoms with Crippen molar-refractivity contribution in [1.82, 2.24) is 4.90 Å². The van der Waals surface area contributed by atoms with Crippen LogP contribution in [-0.2, 0) is 9.59 Å². The third-order valence-corrected chi connectivity index (χ3v) is 2.28. The van der Waals surface area contributed by atoms with E-state index in [0.717, 1.165) is 19.4 Å². The molecule has 2 unspecified atom stereocenters. The van der Waals surface area contributed by atoms with Crippen molar-refractivity contribution in [3.63, 3.8) is 0 Å². The summed E-state index contributed by atoms with van der Waals surface area (Å²) in [6.07, 6.45) is 0.388. The van der Waals surface area contributed by atoms with E-state index >= 15 is 0 Å². The van der Waals surface area contributed by atoms with Crippen molar-refractivity contribution in [3.05, 3.63) is 0 Å². The molecule has 0 spiro atoms. The Bertz CT molecular complexity index is 233. The molecule has 4 N–H and O–H groups in total. The molecule has 0 aromatic heterocycles. The topological polar surface area (TPSA) is 118 Å². The van der Waals surface area contributed by atoms with Crippen LogP contribution >= 0.6 is 0 Å². The van der Waals surface area contributed by atoms with E-state index in [4.69, 9.17) is 10.2 Å². The summed E-state index contributed by atoms with van der Waals surface area (Å²) < 4.78 is 0. The van der Waals surface area contributed by atoms with Gasteiger partial charge in [0.15, 0.2) is 0 Å². The summed E-state index contributed by atoms with van der Waals surface area (Å²) in [4.78, 5) is 20.9. The largest absolute Gasteiger partial charge is 0.481 e. The van der Waals surface area contributed by atoms with E-state index in [1.807, 2.05) is 0 Å². The summed E-state index contributed by atoms with van der Waals surface area (Å²) in [5.74, 6) is -2.15. The van der Waals surface area contributed by atoms with Crippen molar-refractivity contribution in [1.29, 1.82) is 0 Å². The molecule has 0 saturated carbocycles. The zero-order valence-corrected chi connectivity index (χ0v) is 11.7. The first-order chi connectivity index (χ1) is 8.72. The normalized spacial score (nSPS) is 13.4. The fraction of sp³-hybridized carbons (Fsp3) is 0.833. The predicted molar refractivity (Wildman–Crippen MR) is 69.5 cm³/mol. The van der Waals surface area contributed by atoms with Gasteiger partial charge in [0.2, 0.25) is 0 Å². The highest BCUT2D eigenvalue weighted by Crippen LogP contribution is 2.03. The lowest BCUT2D eigenvalue weighted by molar-refractivity contribution is -0.143. The number of unbranched alkanes of at least 4 members (excludes halogenated alkanes) is 1. The van der Waals surface area contributed by atoms with Gasteiger partial charge < -0.3 is 20.4 Å². The fourth-order valence-electron chi connectivity index (χ4n) is 1.24. The van der Waals surface area contributed by atoms with Crippen molar-refractivity contribution in [3.8, 4) is 0 Å². The lowest BCUT2D eigenvalue weighted by atomic mass is 10.3. The van der Waals surface area contributed by atoms with Gasteiger partial charge in [0.25, 0.3) is 0 Å². The van der Waals surface area contributed by atoms with Crippen molar-refractivity contribution in [2.24, 2.45) is 0 Å². The van der Waals surface area contributed by atoms with Crippen LogP contribution in [0.5, 0.6) is 0 Å². The van der Waals surface area contributed by atoms with Crippen LogP contribution in [0.25, 0.3) is 0 Å². The van der Waals surface area contributed by atoms with Gasteiger partial charge >= 0.3 is 11.9 Å². The number of rotatable bonds is 8. The molecule has 7 nitrogen and oxygen atoms in total. The Kier molecular flexibility index (Phi) is 12.6. The van der Waals surface area contributed by atoms with Crippen LogP contribution in [0.4, 0.5) is 0 Å². The molecule has 0 radical (unpaired) electrons. The van der Waals surface area contributed by atoms with E-state index in [0.29, 0.717) is 0 Å². The number of carboxylic acid groups (broad SMARTS) is 2. The third-order valence-electron chi connectivity index (χ3n) is 2.28. The van der Waals surface area contributed by atoms with Crippen molar-refractivity contribution in [2.45, 2.75) is 58.9 Å². The predicted octanol–water partition coefficient (Wildman–Crippen LogP) is 0.701. The Labute approximate surface area is 113 Å². The van der Waals surface area contributed by atoms with Crippen molar-refractivity contribution < 1.29 is 30.0 Å². The summed E-state index contributed by atoms with van der Waals surface area (Å²) in [6.45, 7) is 6.18. The lowest BCUT2D eigenvalue weighted by Gasteiger charge is -2.27. The van der Waals surface area contributed by atoms with Gasteiger partial charge in [-0.1, -0.05) is 13.3 Å². The number of hydrogen-bond donors (Lipinski definition) is 4. The minimum absolute atomic E-state index is 0.296. The average molecular weight is 279 g/mol. The second kappa shape index (κ2) is 11.9. The molecule has 0 aliphatic rings. The second-order valence-electron chi connectivity index (χ2n) is 4.14. The summed E-state index contributed by atoms with van der Waals surface area (Å²) in [5.41, 5.74) is 0. The highest BCUT2D eigenvalue weighted by atomic mass is 16.4. The van der Waals surface area contributed by atoms with Gasteiger partial charge in [-0.05, 0) is 20.3 Å². The molecule has 0 aliphatic heterocycles. The van der Waals surface area contributed by atoms with E-state index in [2.05, 4.69) is 6.92 Å². The Morgan fingerprint density at radius 1 is 1.00 bits per heavy atom. The molecule has 0 aliphatic carbocycles. The smallest absolute Gasteiger partial charge is 0.303 e. The Hall–Kier alpha value is -1.18. The monoisotopic (exact) mass is 279 g/mol. The molecule has 7 heteroatoms. The van der Waals surface area contributed by atoms with Gasteiger partial charge in [-0.15, -0.1) is 0 Å². The van der Waals surface area contributed by atoms with Gasteiger partial charge in [-0.2, -0.15) is 0 Å². The number of aliphatic hydroxyl groups excluding tert-OH is 2. The molecule has 2 atom stereocenters. The molecule has 19 heavy (non-hydrogen) atoms. The Morgan fingerprint density at radius 2 is 1.37 bits per heavy atom. The van der Waals surface area contributed by atoms with Crippen LogP contribution < -0.4 is 0 Å². The first-order valence-electron chi connectivity index (χ1n) is 6.27. The van der Waals surface area contributed by atoms with Gasteiger partial charge in [-0.3, -0.25) is 14.5 Å². The standard InChI is InChI=1S/C8H19NO2.C4H6O4/c1-4-5-6-9(7(2)10)8(3)11;5-3(6)1-2-4(7)8/h7-8,10-11H,4-6H2,1-3H3;1-2H2,(H,5,6)(H,7,8). The van der Waals surface area contributed by atoms with E-state index in [1.54, 1.807) is 18.7 Å². The summed E-state index contributed by atoms with van der Waals surface area (Å²) in [7, 11) is 0. The van der Waals surface area contributed by atoms with E-state index in [-0.39, 0.29) is 12.8 Å². The summed E-state index contributed by atoms with van der Waals surface area (Å²) >= 11 is 0. The zero-order valence-electron chi connectivity index (χ0n) is 11.7. The number of carboxylic acids is 2. The maximum atomic E-state index is 9.64. The fourth-order valence-corrected chi connectivity index (χ4v) is 1.24. The second-order valence-corrected chi connectivity index (χ2v) is 4.14. The van der Waals surface area contributed by atoms with Crippen LogP contribution in [0.15, 0.2) is 0 Å². The minimum Gasteiger partial charge on any atom is -0.481 e. The number of nitrogens with zero attached hydrogens (tertiary/aromatic N) is 1. The number of carbonyl (C=O) groups is 2. The molecule has 0 amide bonds. The molecule has 0 rings (SSSR count). The van der Waals surface area contributed by atoms with Crippen LogP contribution in [0.2, 0.25) is 0 Å². The van der Waals surface area contributed by atoms with Crippen molar-refractivity contribution in [2.75, 3.05) is 6.54 Å². The molecule has 0 aromatic carbocycles. The van der Waals surface area contributed by atoms with E-state index < -0.39 is 24.4 Å². The molecule has 0 saturated heterocycles. The first-order valence-corrected chi connectivity index (χ1v) is 6.27. The maximum absolute atomic E-state index is 9.64. The first kappa shape index (κ1) is 20.1. The summed E-state index contributed by atoms with van der Waals surface area (Å²) in [5, 5.41) is 34.1. The third kappa shape index (κ3) is 14.8. The minimum atomic E-state index is -1.08. The highest BCUT2D eigenvalue weighted by molar-refractivity contribution is 5.75. The molecule has 114 valence electrons. The molecule has 0 aromatic rings. The number of hydrogen-bond acceptors (Lipinski definition) is 5. The lowest BCUT2D eigenvalue weighted by Crippen LogP contribution is -2.40. The Balaban J connectivity index is 0. The maximum Gasteiger partial charge on any atom is 0.303 e. The zero-order chi connectivity index (χ0) is 15.4. The molecule has 0 heterocycles. The van der Waals surface area contributed by atoms with Crippen molar-refractivity contribution >= 4 is 11.9 Å². The van der Waals surface area contributed by atoms with Crippen LogP contribution in [-0.4, -0.2) is 56.3 Å². The molecule has 0 fully saturated rings. The number of aliphatic carboxylic acids is 2.